The van der Waals surface area contributed by atoms with Crippen LogP contribution < -0.4 is 16.0 Å². The molecule has 7 nitrogen and oxygen atoms in total. The zero-order chi connectivity index (χ0) is 24.2. The first kappa shape index (κ1) is 23.6. The van der Waals surface area contributed by atoms with E-state index in [0.29, 0.717) is 53.1 Å². The molecule has 34 heavy (non-hydrogen) atoms. The summed E-state index contributed by atoms with van der Waals surface area (Å²) in [5.41, 5.74) is 3.23. The molecule has 0 unspecified atom stereocenters. The molecule has 4 aromatic rings. The van der Waals surface area contributed by atoms with Crippen LogP contribution in [0.15, 0.2) is 56.3 Å². The SMILES string of the molecule is Cc1c(CC(=O)NCCCCCC(=O)[O-])c(=O)oc2cc3occ(-c4ccc(Cl)cc4)c3cc12. The van der Waals surface area contributed by atoms with Gasteiger partial charge in [0.15, 0.2) is 0 Å². The van der Waals surface area contributed by atoms with Crippen LogP contribution in [0.25, 0.3) is 33.1 Å². The van der Waals surface area contributed by atoms with Gasteiger partial charge in [-0.2, -0.15) is 0 Å². The predicted molar refractivity (Wildman–Crippen MR) is 128 cm³/mol. The van der Waals surface area contributed by atoms with E-state index in [9.17, 15) is 19.5 Å². The number of carboxylic acid groups (broad SMARTS) is 1. The van der Waals surface area contributed by atoms with Crippen LogP contribution in [0.5, 0.6) is 0 Å². The number of carbonyl (C=O) groups is 2. The molecule has 0 spiro atoms. The van der Waals surface area contributed by atoms with Gasteiger partial charge in [0.2, 0.25) is 5.91 Å². The van der Waals surface area contributed by atoms with Gasteiger partial charge in [0, 0.05) is 39.9 Å². The topological polar surface area (TPSA) is 113 Å². The van der Waals surface area contributed by atoms with Gasteiger partial charge in [-0.15, -0.1) is 0 Å². The van der Waals surface area contributed by atoms with Crippen molar-refractivity contribution in [2.75, 3.05) is 6.54 Å². The molecule has 0 atom stereocenters. The van der Waals surface area contributed by atoms with Gasteiger partial charge in [0.25, 0.3) is 0 Å². The molecule has 0 radical (unpaired) electrons. The van der Waals surface area contributed by atoms with Gasteiger partial charge in [0.05, 0.1) is 18.2 Å². The third-order valence-electron chi connectivity index (χ3n) is 5.85. The molecule has 0 aliphatic carbocycles. The van der Waals surface area contributed by atoms with Gasteiger partial charge in [-0.25, -0.2) is 4.79 Å². The van der Waals surface area contributed by atoms with Crippen molar-refractivity contribution in [3.63, 3.8) is 0 Å². The Hall–Kier alpha value is -3.58. The average Bonchev–Trinajstić information content (AvgIpc) is 3.21. The molecule has 2 aromatic heterocycles. The summed E-state index contributed by atoms with van der Waals surface area (Å²) in [4.78, 5) is 35.5. The Balaban J connectivity index is 1.56. The lowest BCUT2D eigenvalue weighted by Gasteiger charge is -2.09. The number of hydrogen-bond acceptors (Lipinski definition) is 6. The molecule has 1 N–H and O–H groups in total. The number of nitrogens with one attached hydrogen (secondary N) is 1. The summed E-state index contributed by atoms with van der Waals surface area (Å²) in [5, 5.41) is 15.4. The van der Waals surface area contributed by atoms with Crippen LogP contribution in [0.3, 0.4) is 0 Å². The van der Waals surface area contributed by atoms with Crippen molar-refractivity contribution in [1.82, 2.24) is 5.32 Å². The molecule has 0 aliphatic heterocycles. The summed E-state index contributed by atoms with van der Waals surface area (Å²) in [6.45, 7) is 2.21. The highest BCUT2D eigenvalue weighted by Crippen LogP contribution is 2.35. The monoisotopic (exact) mass is 480 g/mol. The average molecular weight is 481 g/mol. The third kappa shape index (κ3) is 5.15. The second-order valence-corrected chi connectivity index (χ2v) is 8.64. The molecule has 1 amide bonds. The van der Waals surface area contributed by atoms with Gasteiger partial charge in [-0.3, -0.25) is 4.79 Å². The lowest BCUT2D eigenvalue weighted by Crippen LogP contribution is -2.28. The van der Waals surface area contributed by atoms with Crippen molar-refractivity contribution in [2.24, 2.45) is 0 Å². The number of furan rings is 1. The van der Waals surface area contributed by atoms with Gasteiger partial charge in [-0.05, 0) is 55.5 Å². The number of carboxylic acids is 1. The molecule has 4 rings (SSSR count). The van der Waals surface area contributed by atoms with E-state index >= 15 is 0 Å². The minimum Gasteiger partial charge on any atom is -0.550 e. The Morgan fingerprint density at radius 1 is 1.03 bits per heavy atom. The summed E-state index contributed by atoms with van der Waals surface area (Å²) in [7, 11) is 0. The highest BCUT2D eigenvalue weighted by Gasteiger charge is 2.17. The summed E-state index contributed by atoms with van der Waals surface area (Å²) in [6.07, 6.45) is 3.39. The lowest BCUT2D eigenvalue weighted by molar-refractivity contribution is -0.305. The molecule has 8 heteroatoms. The molecule has 0 saturated heterocycles. The normalized spacial score (nSPS) is 11.2. The zero-order valence-corrected chi connectivity index (χ0v) is 19.4. The Kier molecular flexibility index (Phi) is 7.03. The molecular formula is C26H23ClNO6-. The van der Waals surface area contributed by atoms with E-state index in [0.717, 1.165) is 21.9 Å². The molecule has 0 bridgehead atoms. The number of rotatable bonds is 9. The van der Waals surface area contributed by atoms with Crippen LogP contribution >= 0.6 is 11.6 Å². The maximum absolute atomic E-state index is 12.6. The Morgan fingerprint density at radius 3 is 2.53 bits per heavy atom. The van der Waals surface area contributed by atoms with Gasteiger partial charge < -0.3 is 24.1 Å². The minimum absolute atomic E-state index is 0.00887. The highest BCUT2D eigenvalue weighted by molar-refractivity contribution is 6.30. The molecular weight excluding hydrogens is 458 g/mol. The quantitative estimate of drug-likeness (QED) is 0.284. The standard InChI is InChI=1S/C26H24ClNO6/c1-15-18-11-20-21(16-6-8-17(27)9-7-16)14-33-22(20)13-23(18)34-26(32)19(15)12-24(29)28-10-4-2-3-5-25(30)31/h6-9,11,13-14H,2-5,10,12H2,1H3,(H,28,29)(H,30,31)/p-1. The maximum Gasteiger partial charge on any atom is 0.340 e. The number of fused-ring (bicyclic) bond motifs is 2. The second kappa shape index (κ2) is 10.1. The number of halogens is 1. The minimum atomic E-state index is -1.07. The summed E-state index contributed by atoms with van der Waals surface area (Å²) in [6, 6.07) is 11.0. The van der Waals surface area contributed by atoms with Crippen LogP contribution in [0.4, 0.5) is 0 Å². The molecule has 176 valence electrons. The van der Waals surface area contributed by atoms with Gasteiger partial charge >= 0.3 is 5.63 Å². The van der Waals surface area contributed by atoms with E-state index < -0.39 is 11.6 Å². The summed E-state index contributed by atoms with van der Waals surface area (Å²) >= 11 is 6.01. The largest absolute Gasteiger partial charge is 0.550 e. The maximum atomic E-state index is 12.6. The van der Waals surface area contributed by atoms with E-state index in [4.69, 9.17) is 20.4 Å². The number of aliphatic carboxylic acids is 1. The highest BCUT2D eigenvalue weighted by atomic mass is 35.5. The number of hydrogen-bond donors (Lipinski definition) is 1. The van der Waals surface area contributed by atoms with Crippen LogP contribution in [-0.4, -0.2) is 18.4 Å². The fourth-order valence-corrected chi connectivity index (χ4v) is 4.12. The van der Waals surface area contributed by atoms with Crippen LogP contribution in [-0.2, 0) is 16.0 Å². The zero-order valence-electron chi connectivity index (χ0n) is 18.6. The van der Waals surface area contributed by atoms with E-state index in [1.54, 1.807) is 31.4 Å². The van der Waals surface area contributed by atoms with E-state index in [2.05, 4.69) is 5.32 Å². The van der Waals surface area contributed by atoms with Crippen molar-refractivity contribution < 1.29 is 23.5 Å². The van der Waals surface area contributed by atoms with Gasteiger partial charge in [-0.1, -0.05) is 30.2 Å². The second-order valence-electron chi connectivity index (χ2n) is 8.20. The predicted octanol–water partition coefficient (Wildman–Crippen LogP) is 4.14. The molecule has 2 heterocycles. The van der Waals surface area contributed by atoms with Crippen molar-refractivity contribution >= 4 is 45.4 Å². The first-order chi connectivity index (χ1) is 16.3. The van der Waals surface area contributed by atoms with E-state index in [1.807, 2.05) is 18.2 Å². The smallest absolute Gasteiger partial charge is 0.340 e. The van der Waals surface area contributed by atoms with Gasteiger partial charge in [0.1, 0.15) is 11.2 Å². The third-order valence-corrected chi connectivity index (χ3v) is 6.11. The fraction of sp³-hybridized carbons (Fsp3) is 0.269. The Labute approximate surface area is 200 Å². The number of amides is 1. The van der Waals surface area contributed by atoms with Crippen LogP contribution in [0.2, 0.25) is 5.02 Å². The fourth-order valence-electron chi connectivity index (χ4n) is 3.99. The molecule has 0 saturated carbocycles. The van der Waals surface area contributed by atoms with Crippen LogP contribution in [0, 0.1) is 6.92 Å². The molecule has 2 aromatic carbocycles. The number of unbranched alkanes of at least 4 members (excludes halogenated alkanes) is 2. The van der Waals surface area contributed by atoms with E-state index in [-0.39, 0.29) is 18.7 Å². The van der Waals surface area contributed by atoms with Crippen LogP contribution in [0.1, 0.15) is 36.8 Å². The Bertz CT molecular complexity index is 1420. The first-order valence-electron chi connectivity index (χ1n) is 11.0. The lowest BCUT2D eigenvalue weighted by atomic mass is 9.99. The molecule has 0 fully saturated rings. The number of carbonyl (C=O) groups excluding carboxylic acids is 2. The number of benzene rings is 2. The number of aryl methyl sites for hydroxylation is 1. The Morgan fingerprint density at radius 2 is 1.79 bits per heavy atom. The molecule has 0 aliphatic rings. The van der Waals surface area contributed by atoms with E-state index in [1.165, 1.54) is 0 Å². The van der Waals surface area contributed by atoms with Crippen molar-refractivity contribution in [3.8, 4) is 11.1 Å². The summed E-state index contributed by atoms with van der Waals surface area (Å²) in [5.74, 6) is -1.36. The first-order valence-corrected chi connectivity index (χ1v) is 11.4. The van der Waals surface area contributed by atoms with Crippen molar-refractivity contribution in [2.45, 2.75) is 39.0 Å². The summed E-state index contributed by atoms with van der Waals surface area (Å²) < 4.78 is 11.2. The van der Waals surface area contributed by atoms with Crippen molar-refractivity contribution in [3.05, 3.63) is 69.2 Å². The van der Waals surface area contributed by atoms with Crippen molar-refractivity contribution in [1.29, 1.82) is 0 Å².